The van der Waals surface area contributed by atoms with Gasteiger partial charge < -0.3 is 20.5 Å². The standard InChI is InChI=1S/C19H24N2O3/c1-14(16-10-6-7-11-18(16)24-2)12-20-19(23)21-17(13-22)15-8-4-3-5-9-15/h3-11,14,17,22H,12-13H2,1-2H3,(H2,20,21,23). The van der Waals surface area contributed by atoms with E-state index in [1.54, 1.807) is 7.11 Å². The molecule has 5 nitrogen and oxygen atoms in total. The highest BCUT2D eigenvalue weighted by Gasteiger charge is 2.15. The summed E-state index contributed by atoms with van der Waals surface area (Å²) in [6.07, 6.45) is 0. The van der Waals surface area contributed by atoms with Crippen LogP contribution in [0.5, 0.6) is 5.75 Å². The molecule has 2 aromatic rings. The van der Waals surface area contributed by atoms with Gasteiger partial charge in [-0.2, -0.15) is 0 Å². The van der Waals surface area contributed by atoms with E-state index in [1.165, 1.54) is 0 Å². The minimum absolute atomic E-state index is 0.108. The number of hydrogen-bond acceptors (Lipinski definition) is 3. The Morgan fingerprint density at radius 2 is 1.79 bits per heavy atom. The van der Waals surface area contributed by atoms with Gasteiger partial charge in [0.05, 0.1) is 19.8 Å². The van der Waals surface area contributed by atoms with E-state index in [1.807, 2.05) is 61.5 Å². The van der Waals surface area contributed by atoms with E-state index in [0.717, 1.165) is 16.9 Å². The molecule has 0 saturated carbocycles. The van der Waals surface area contributed by atoms with E-state index in [4.69, 9.17) is 4.74 Å². The van der Waals surface area contributed by atoms with E-state index < -0.39 is 6.04 Å². The first kappa shape index (κ1) is 17.8. The minimum atomic E-state index is -0.423. The Balaban J connectivity index is 1.90. The number of para-hydroxylation sites is 1. The van der Waals surface area contributed by atoms with Gasteiger partial charge >= 0.3 is 6.03 Å². The first-order valence-electron chi connectivity index (χ1n) is 7.98. The molecule has 0 aliphatic heterocycles. The largest absolute Gasteiger partial charge is 0.496 e. The predicted octanol–water partition coefficient (Wildman–Crippen LogP) is 2.83. The summed E-state index contributed by atoms with van der Waals surface area (Å²) in [4.78, 5) is 12.1. The van der Waals surface area contributed by atoms with Gasteiger partial charge in [0.15, 0.2) is 0 Å². The van der Waals surface area contributed by atoms with Crippen LogP contribution in [0.2, 0.25) is 0 Å². The number of amides is 2. The summed E-state index contributed by atoms with van der Waals surface area (Å²) in [5.41, 5.74) is 1.91. The third-order valence-electron chi connectivity index (χ3n) is 3.93. The number of nitrogens with one attached hydrogen (secondary N) is 2. The Hall–Kier alpha value is -2.53. The number of methoxy groups -OCH3 is 1. The number of carbonyl (C=O) groups excluding carboxylic acids is 1. The molecule has 0 radical (unpaired) electrons. The zero-order valence-electron chi connectivity index (χ0n) is 14.0. The van der Waals surface area contributed by atoms with Crippen molar-refractivity contribution >= 4 is 6.03 Å². The number of hydrogen-bond donors (Lipinski definition) is 3. The number of aliphatic hydroxyl groups excluding tert-OH is 1. The van der Waals surface area contributed by atoms with Crippen LogP contribution >= 0.6 is 0 Å². The second kappa shape index (κ2) is 8.93. The molecule has 2 amide bonds. The van der Waals surface area contributed by atoms with E-state index >= 15 is 0 Å². The molecule has 0 bridgehead atoms. The molecule has 5 heteroatoms. The summed E-state index contributed by atoms with van der Waals surface area (Å²) in [6.45, 7) is 2.34. The molecule has 0 aliphatic carbocycles. The molecule has 2 unspecified atom stereocenters. The van der Waals surface area contributed by atoms with Gasteiger partial charge in [0.25, 0.3) is 0 Å². The molecule has 2 rings (SSSR count). The van der Waals surface area contributed by atoms with Crippen molar-refractivity contribution in [3.05, 3.63) is 65.7 Å². The Kier molecular flexibility index (Phi) is 6.63. The molecular formula is C19H24N2O3. The van der Waals surface area contributed by atoms with Gasteiger partial charge in [-0.25, -0.2) is 4.79 Å². The molecular weight excluding hydrogens is 304 g/mol. The lowest BCUT2D eigenvalue weighted by atomic mass is 10.0. The fourth-order valence-electron chi connectivity index (χ4n) is 2.56. The molecule has 128 valence electrons. The molecule has 2 aromatic carbocycles. The molecule has 24 heavy (non-hydrogen) atoms. The number of rotatable bonds is 7. The Morgan fingerprint density at radius 1 is 1.12 bits per heavy atom. The van der Waals surface area contributed by atoms with Crippen molar-refractivity contribution in [2.75, 3.05) is 20.3 Å². The number of aliphatic hydroxyl groups is 1. The van der Waals surface area contributed by atoms with Crippen molar-refractivity contribution in [1.29, 1.82) is 0 Å². The lowest BCUT2D eigenvalue weighted by molar-refractivity contribution is 0.216. The van der Waals surface area contributed by atoms with Crippen molar-refractivity contribution in [1.82, 2.24) is 10.6 Å². The summed E-state index contributed by atoms with van der Waals surface area (Å²) in [5, 5.41) is 15.1. The van der Waals surface area contributed by atoms with Gasteiger partial charge in [-0.1, -0.05) is 55.5 Å². The molecule has 0 aliphatic rings. The fraction of sp³-hybridized carbons (Fsp3) is 0.316. The summed E-state index contributed by atoms with van der Waals surface area (Å²) in [6, 6.07) is 16.4. The smallest absolute Gasteiger partial charge is 0.315 e. The average Bonchev–Trinajstić information content (AvgIpc) is 2.64. The van der Waals surface area contributed by atoms with Gasteiger partial charge in [-0.05, 0) is 17.2 Å². The lowest BCUT2D eigenvalue weighted by Crippen LogP contribution is -2.40. The molecule has 0 fully saturated rings. The normalized spacial score (nSPS) is 13.0. The van der Waals surface area contributed by atoms with Crippen molar-refractivity contribution in [2.24, 2.45) is 0 Å². The number of benzene rings is 2. The maximum absolute atomic E-state index is 12.1. The van der Waals surface area contributed by atoms with E-state index in [-0.39, 0.29) is 18.6 Å². The summed E-state index contributed by atoms with van der Waals surface area (Å²) in [7, 11) is 1.64. The van der Waals surface area contributed by atoms with Crippen LogP contribution in [0.1, 0.15) is 30.0 Å². The van der Waals surface area contributed by atoms with Crippen LogP contribution in [0.25, 0.3) is 0 Å². The van der Waals surface area contributed by atoms with E-state index in [0.29, 0.717) is 6.54 Å². The first-order valence-corrected chi connectivity index (χ1v) is 7.98. The molecule has 0 spiro atoms. The predicted molar refractivity (Wildman–Crippen MR) is 94.2 cm³/mol. The maximum atomic E-state index is 12.1. The maximum Gasteiger partial charge on any atom is 0.315 e. The van der Waals surface area contributed by atoms with Gasteiger partial charge in [0.1, 0.15) is 5.75 Å². The third-order valence-corrected chi connectivity index (χ3v) is 3.93. The van der Waals surface area contributed by atoms with Crippen molar-refractivity contribution in [3.63, 3.8) is 0 Å². The van der Waals surface area contributed by atoms with Gasteiger partial charge in [-0.3, -0.25) is 0 Å². The lowest BCUT2D eigenvalue weighted by Gasteiger charge is -2.19. The quantitative estimate of drug-likeness (QED) is 0.732. The first-order chi connectivity index (χ1) is 11.7. The molecule has 0 aromatic heterocycles. The molecule has 0 heterocycles. The zero-order valence-corrected chi connectivity index (χ0v) is 14.0. The highest BCUT2D eigenvalue weighted by atomic mass is 16.5. The van der Waals surface area contributed by atoms with Crippen molar-refractivity contribution in [3.8, 4) is 5.75 Å². The monoisotopic (exact) mass is 328 g/mol. The van der Waals surface area contributed by atoms with Crippen LogP contribution in [0.4, 0.5) is 4.79 Å². The van der Waals surface area contributed by atoms with Gasteiger partial charge in [0, 0.05) is 12.5 Å². The van der Waals surface area contributed by atoms with Crippen LogP contribution in [-0.4, -0.2) is 31.4 Å². The van der Waals surface area contributed by atoms with Crippen LogP contribution in [0.3, 0.4) is 0 Å². The zero-order chi connectivity index (χ0) is 17.4. The number of ether oxygens (including phenoxy) is 1. The molecule has 3 N–H and O–H groups in total. The molecule has 2 atom stereocenters. The number of urea groups is 1. The van der Waals surface area contributed by atoms with Crippen LogP contribution in [0, 0.1) is 0 Å². The highest BCUT2D eigenvalue weighted by molar-refractivity contribution is 5.74. The summed E-state index contributed by atoms with van der Waals surface area (Å²) in [5.74, 6) is 0.918. The Bertz CT molecular complexity index is 646. The topological polar surface area (TPSA) is 70.6 Å². The second-order valence-corrected chi connectivity index (χ2v) is 5.64. The van der Waals surface area contributed by atoms with E-state index in [9.17, 15) is 9.90 Å². The van der Waals surface area contributed by atoms with Crippen LogP contribution < -0.4 is 15.4 Å². The summed E-state index contributed by atoms with van der Waals surface area (Å²) < 4.78 is 5.35. The second-order valence-electron chi connectivity index (χ2n) is 5.64. The molecule has 0 saturated heterocycles. The van der Waals surface area contributed by atoms with Crippen LogP contribution in [0.15, 0.2) is 54.6 Å². The van der Waals surface area contributed by atoms with E-state index in [2.05, 4.69) is 10.6 Å². The van der Waals surface area contributed by atoms with Crippen molar-refractivity contribution < 1.29 is 14.6 Å². The minimum Gasteiger partial charge on any atom is -0.496 e. The number of carbonyl (C=O) groups is 1. The third kappa shape index (κ3) is 4.73. The van der Waals surface area contributed by atoms with Crippen molar-refractivity contribution in [2.45, 2.75) is 18.9 Å². The highest BCUT2D eigenvalue weighted by Crippen LogP contribution is 2.25. The SMILES string of the molecule is COc1ccccc1C(C)CNC(=O)NC(CO)c1ccccc1. The Morgan fingerprint density at radius 3 is 2.46 bits per heavy atom. The average molecular weight is 328 g/mol. The van der Waals surface area contributed by atoms with Gasteiger partial charge in [0.2, 0.25) is 0 Å². The van der Waals surface area contributed by atoms with Gasteiger partial charge in [-0.15, -0.1) is 0 Å². The Labute approximate surface area is 142 Å². The summed E-state index contributed by atoms with van der Waals surface area (Å²) >= 11 is 0. The van der Waals surface area contributed by atoms with Crippen LogP contribution in [-0.2, 0) is 0 Å². The fourth-order valence-corrected chi connectivity index (χ4v) is 2.56.